The summed E-state index contributed by atoms with van der Waals surface area (Å²) in [7, 11) is 3.14. The molecule has 0 aromatic heterocycles. The molecule has 1 rings (SSSR count). The highest BCUT2D eigenvalue weighted by Crippen LogP contribution is 2.15. The van der Waals surface area contributed by atoms with E-state index >= 15 is 0 Å². The van der Waals surface area contributed by atoms with E-state index < -0.39 is 12.1 Å². The summed E-state index contributed by atoms with van der Waals surface area (Å²) in [6, 6.07) is -0.458. The van der Waals surface area contributed by atoms with Crippen LogP contribution in [0.4, 0.5) is 0 Å². The minimum Gasteiger partial charge on any atom is -0.468 e. The molecule has 5 heteroatoms. The number of esters is 1. The lowest BCUT2D eigenvalue weighted by molar-refractivity contribution is -0.146. The Labute approximate surface area is 66.6 Å². The number of hydrogen-bond acceptors (Lipinski definition) is 4. The van der Waals surface area contributed by atoms with E-state index in [0.717, 1.165) is 6.54 Å². The summed E-state index contributed by atoms with van der Waals surface area (Å²) in [5.74, 6) is -0.350. The number of nitrogens with zero attached hydrogens (tertiary/aromatic N) is 1. The van der Waals surface area contributed by atoms with Gasteiger partial charge in [-0.25, -0.2) is 0 Å². The molecule has 0 aliphatic carbocycles. The first-order valence-corrected chi connectivity index (χ1v) is 3.63. The molecule has 1 saturated heterocycles. The lowest BCUT2D eigenvalue weighted by Crippen LogP contribution is -2.41. The van der Waals surface area contributed by atoms with Crippen molar-refractivity contribution in [3.05, 3.63) is 0 Å². The fraction of sp³-hybridized carbons (Fsp3) is 0.833. The SMILES string of the molecule is BN1CC[C@H](O)C1C(=O)OC. The molecule has 1 unspecified atom stereocenters. The van der Waals surface area contributed by atoms with E-state index in [-0.39, 0.29) is 5.97 Å². The van der Waals surface area contributed by atoms with Crippen LogP contribution in [0.3, 0.4) is 0 Å². The number of carbonyl (C=O) groups excluding carboxylic acids is 1. The molecule has 62 valence electrons. The van der Waals surface area contributed by atoms with Crippen LogP contribution >= 0.6 is 0 Å². The molecule has 1 heterocycles. The number of aliphatic hydroxyl groups excluding tert-OH is 1. The summed E-state index contributed by atoms with van der Waals surface area (Å²) in [5.41, 5.74) is 0. The van der Waals surface area contributed by atoms with Gasteiger partial charge in [0.15, 0.2) is 7.98 Å². The van der Waals surface area contributed by atoms with Crippen LogP contribution < -0.4 is 0 Å². The predicted molar refractivity (Wildman–Crippen MR) is 41.7 cm³/mol. The second kappa shape index (κ2) is 3.23. The zero-order chi connectivity index (χ0) is 8.43. The van der Waals surface area contributed by atoms with Gasteiger partial charge in [-0.05, 0) is 13.0 Å². The molecule has 0 amide bonds. The number of ether oxygens (including phenoxy) is 1. The first kappa shape index (κ1) is 8.55. The van der Waals surface area contributed by atoms with Crippen molar-refractivity contribution in [2.24, 2.45) is 0 Å². The van der Waals surface area contributed by atoms with Gasteiger partial charge in [-0.2, -0.15) is 0 Å². The normalized spacial score (nSPS) is 32.2. The van der Waals surface area contributed by atoms with Gasteiger partial charge in [-0.15, -0.1) is 0 Å². The van der Waals surface area contributed by atoms with Crippen LogP contribution in [-0.4, -0.2) is 49.7 Å². The highest BCUT2D eigenvalue weighted by Gasteiger charge is 2.36. The van der Waals surface area contributed by atoms with Gasteiger partial charge in [-0.3, -0.25) is 4.79 Å². The Balaban J connectivity index is 2.60. The summed E-state index contributed by atoms with van der Waals surface area (Å²) in [6.07, 6.45) is 0.0865. The van der Waals surface area contributed by atoms with Crippen LogP contribution in [0.2, 0.25) is 0 Å². The summed E-state index contributed by atoms with van der Waals surface area (Å²) in [6.45, 7) is 0.751. The lowest BCUT2D eigenvalue weighted by Gasteiger charge is -2.18. The van der Waals surface area contributed by atoms with Crippen molar-refractivity contribution in [2.45, 2.75) is 18.6 Å². The fourth-order valence-electron chi connectivity index (χ4n) is 1.38. The Morgan fingerprint density at radius 3 is 2.82 bits per heavy atom. The Kier molecular flexibility index (Phi) is 2.51. The lowest BCUT2D eigenvalue weighted by atomic mass is 10.1. The maximum Gasteiger partial charge on any atom is 0.324 e. The van der Waals surface area contributed by atoms with E-state index in [2.05, 4.69) is 4.74 Å². The largest absolute Gasteiger partial charge is 0.468 e. The summed E-state index contributed by atoms with van der Waals surface area (Å²) in [4.78, 5) is 12.8. The van der Waals surface area contributed by atoms with Gasteiger partial charge in [0.25, 0.3) is 0 Å². The molecule has 1 fully saturated rings. The van der Waals surface area contributed by atoms with Gasteiger partial charge in [0, 0.05) is 0 Å². The molecule has 0 aromatic rings. The van der Waals surface area contributed by atoms with Crippen molar-refractivity contribution in [3.63, 3.8) is 0 Å². The van der Waals surface area contributed by atoms with Crippen LogP contribution in [0.25, 0.3) is 0 Å². The van der Waals surface area contributed by atoms with E-state index in [0.29, 0.717) is 6.42 Å². The van der Waals surface area contributed by atoms with Gasteiger partial charge in [0.1, 0.15) is 6.04 Å². The number of carbonyl (C=O) groups is 1. The molecule has 4 nitrogen and oxygen atoms in total. The topological polar surface area (TPSA) is 49.8 Å². The number of methoxy groups -OCH3 is 1. The van der Waals surface area contributed by atoms with Gasteiger partial charge in [-0.1, -0.05) is 0 Å². The van der Waals surface area contributed by atoms with Gasteiger partial charge in [0.2, 0.25) is 0 Å². The highest BCUT2D eigenvalue weighted by molar-refractivity contribution is 6.06. The molecule has 0 bridgehead atoms. The van der Waals surface area contributed by atoms with Crippen molar-refractivity contribution in [3.8, 4) is 0 Å². The zero-order valence-electron chi connectivity index (χ0n) is 6.78. The van der Waals surface area contributed by atoms with Gasteiger partial charge >= 0.3 is 5.97 Å². The minimum atomic E-state index is -0.563. The van der Waals surface area contributed by atoms with Crippen molar-refractivity contribution < 1.29 is 14.6 Å². The molecule has 1 N–H and O–H groups in total. The molecular weight excluding hydrogens is 145 g/mol. The number of hydrogen-bond donors (Lipinski definition) is 1. The number of aliphatic hydroxyl groups is 1. The van der Waals surface area contributed by atoms with E-state index in [1.807, 2.05) is 0 Å². The maximum atomic E-state index is 11.0. The van der Waals surface area contributed by atoms with E-state index in [9.17, 15) is 9.90 Å². The van der Waals surface area contributed by atoms with E-state index in [1.165, 1.54) is 7.11 Å². The molecule has 2 atom stereocenters. The molecule has 0 saturated carbocycles. The summed E-state index contributed by atoms with van der Waals surface area (Å²) in [5, 5.41) is 9.32. The van der Waals surface area contributed by atoms with Gasteiger partial charge in [0.05, 0.1) is 13.2 Å². The van der Waals surface area contributed by atoms with Crippen LogP contribution in [0, 0.1) is 0 Å². The first-order valence-electron chi connectivity index (χ1n) is 3.63. The highest BCUT2D eigenvalue weighted by atomic mass is 16.5. The molecule has 1 aliphatic heterocycles. The smallest absolute Gasteiger partial charge is 0.324 e. The van der Waals surface area contributed by atoms with Crippen molar-refractivity contribution in [1.29, 1.82) is 0 Å². The third kappa shape index (κ3) is 1.54. The maximum absolute atomic E-state index is 11.0. The first-order chi connectivity index (χ1) is 5.16. The average molecular weight is 157 g/mol. The molecule has 0 radical (unpaired) electrons. The Hall–Kier alpha value is -0.545. The van der Waals surface area contributed by atoms with Crippen molar-refractivity contribution in [1.82, 2.24) is 4.81 Å². The Morgan fingerprint density at radius 1 is 1.82 bits per heavy atom. The minimum absolute atomic E-state index is 0.350. The van der Waals surface area contributed by atoms with E-state index in [1.54, 1.807) is 12.8 Å². The van der Waals surface area contributed by atoms with Crippen LogP contribution in [0.5, 0.6) is 0 Å². The van der Waals surface area contributed by atoms with Gasteiger partial charge < -0.3 is 14.7 Å². The van der Waals surface area contributed by atoms with Crippen LogP contribution in [0.15, 0.2) is 0 Å². The zero-order valence-corrected chi connectivity index (χ0v) is 6.78. The standard InChI is InChI=1S/C6H12BNO3/c1-11-6(10)5-4(9)2-3-8(5)7/h4-5,9H,2-3,7H2,1H3/t4-,5?/m0/s1. The van der Waals surface area contributed by atoms with E-state index in [4.69, 9.17) is 0 Å². The second-order valence-corrected chi connectivity index (χ2v) is 2.80. The molecular formula is C6H12BNO3. The molecule has 11 heavy (non-hydrogen) atoms. The van der Waals surface area contributed by atoms with Crippen molar-refractivity contribution >= 4 is 14.0 Å². The van der Waals surface area contributed by atoms with Crippen molar-refractivity contribution in [2.75, 3.05) is 13.7 Å². The monoisotopic (exact) mass is 157 g/mol. The quantitative estimate of drug-likeness (QED) is 0.358. The summed E-state index contributed by atoms with van der Waals surface area (Å²) < 4.78 is 4.53. The molecule has 0 spiro atoms. The molecule has 0 aromatic carbocycles. The van der Waals surface area contributed by atoms with Crippen LogP contribution in [0.1, 0.15) is 6.42 Å². The second-order valence-electron chi connectivity index (χ2n) is 2.80. The fourth-order valence-corrected chi connectivity index (χ4v) is 1.38. The molecule has 1 aliphatic rings. The summed E-state index contributed by atoms with van der Waals surface area (Å²) >= 11 is 0. The Bertz CT molecular complexity index is 154. The Morgan fingerprint density at radius 2 is 2.45 bits per heavy atom. The predicted octanol–water partition coefficient (Wildman–Crippen LogP) is -1.86. The third-order valence-electron chi connectivity index (χ3n) is 2.06. The van der Waals surface area contributed by atoms with Crippen LogP contribution in [-0.2, 0) is 9.53 Å². The third-order valence-corrected chi connectivity index (χ3v) is 2.06. The number of rotatable bonds is 1. The average Bonchev–Trinajstić information content (AvgIpc) is 2.30.